The molecule has 24 heavy (non-hydrogen) atoms. The third-order valence-electron chi connectivity index (χ3n) is 4.85. The maximum absolute atomic E-state index is 12.3. The number of nitrogens with one attached hydrogen (secondary N) is 1. The SMILES string of the molecule is CC(C)[C@](C)(C#N)NC(=O)COC(=O)[C@@H]1CS[C@@]2(C)CCC(=O)N12. The van der Waals surface area contributed by atoms with E-state index in [4.69, 9.17) is 4.74 Å². The minimum atomic E-state index is -1.02. The molecule has 2 rings (SSSR count). The lowest BCUT2D eigenvalue weighted by Crippen LogP contribution is -2.51. The van der Waals surface area contributed by atoms with Crippen LogP contribution in [0.4, 0.5) is 0 Å². The average Bonchev–Trinajstić information content (AvgIpc) is 3.01. The zero-order chi connectivity index (χ0) is 18.1. The predicted molar refractivity (Wildman–Crippen MR) is 88.7 cm³/mol. The molecular weight excluding hydrogens is 330 g/mol. The van der Waals surface area contributed by atoms with Crippen molar-refractivity contribution in [2.75, 3.05) is 12.4 Å². The molecule has 2 amide bonds. The van der Waals surface area contributed by atoms with Gasteiger partial charge >= 0.3 is 5.97 Å². The molecule has 2 heterocycles. The quantitative estimate of drug-likeness (QED) is 0.741. The lowest BCUT2D eigenvalue weighted by atomic mass is 9.90. The molecule has 0 aromatic carbocycles. The monoisotopic (exact) mass is 353 g/mol. The summed E-state index contributed by atoms with van der Waals surface area (Å²) in [7, 11) is 0. The summed E-state index contributed by atoms with van der Waals surface area (Å²) in [4.78, 5) is 37.5. The summed E-state index contributed by atoms with van der Waals surface area (Å²) >= 11 is 1.57. The molecule has 0 saturated carbocycles. The maximum Gasteiger partial charge on any atom is 0.330 e. The van der Waals surface area contributed by atoms with E-state index in [1.165, 1.54) is 0 Å². The third kappa shape index (κ3) is 3.36. The molecule has 2 aliphatic rings. The molecule has 0 aliphatic carbocycles. The van der Waals surface area contributed by atoms with E-state index in [9.17, 15) is 19.6 Å². The fraction of sp³-hybridized carbons (Fsp3) is 0.750. The van der Waals surface area contributed by atoms with Crippen molar-refractivity contribution in [1.82, 2.24) is 10.2 Å². The van der Waals surface area contributed by atoms with Gasteiger partial charge in [-0.3, -0.25) is 9.59 Å². The second-order valence-electron chi connectivity index (χ2n) is 6.89. The fourth-order valence-corrected chi connectivity index (χ4v) is 4.27. The predicted octanol–water partition coefficient (Wildman–Crippen LogP) is 1.04. The van der Waals surface area contributed by atoms with Crippen molar-refractivity contribution in [1.29, 1.82) is 5.26 Å². The first kappa shape index (κ1) is 18.6. The Labute approximate surface area is 146 Å². The molecule has 2 saturated heterocycles. The highest BCUT2D eigenvalue weighted by molar-refractivity contribution is 8.01. The molecule has 0 aromatic rings. The first-order valence-corrected chi connectivity index (χ1v) is 8.96. The molecule has 2 fully saturated rings. The number of hydrogen-bond acceptors (Lipinski definition) is 6. The highest BCUT2D eigenvalue weighted by Gasteiger charge is 2.53. The summed E-state index contributed by atoms with van der Waals surface area (Å²) in [6, 6.07) is 1.42. The van der Waals surface area contributed by atoms with Crippen LogP contribution in [0, 0.1) is 17.2 Å². The normalized spacial score (nSPS) is 28.2. The minimum absolute atomic E-state index is 0.0502. The Morgan fingerprint density at radius 1 is 1.58 bits per heavy atom. The second kappa shape index (κ2) is 6.63. The smallest absolute Gasteiger partial charge is 0.330 e. The van der Waals surface area contributed by atoms with Gasteiger partial charge < -0.3 is 15.0 Å². The summed E-state index contributed by atoms with van der Waals surface area (Å²) < 4.78 is 5.09. The molecule has 0 radical (unpaired) electrons. The summed E-state index contributed by atoms with van der Waals surface area (Å²) in [6.45, 7) is 6.77. The van der Waals surface area contributed by atoms with Crippen molar-refractivity contribution >= 4 is 29.5 Å². The number of nitrogens with zero attached hydrogens (tertiary/aromatic N) is 2. The van der Waals surface area contributed by atoms with Crippen LogP contribution in [-0.2, 0) is 19.1 Å². The highest BCUT2D eigenvalue weighted by Crippen LogP contribution is 2.47. The summed E-state index contributed by atoms with van der Waals surface area (Å²) in [6.07, 6.45) is 1.15. The molecule has 132 valence electrons. The zero-order valence-electron chi connectivity index (χ0n) is 14.4. The number of ether oxygens (including phenoxy) is 1. The first-order chi connectivity index (χ1) is 11.1. The van der Waals surface area contributed by atoms with Crippen molar-refractivity contribution in [2.24, 2.45) is 5.92 Å². The lowest BCUT2D eigenvalue weighted by Gasteiger charge is -2.29. The number of rotatable bonds is 5. The van der Waals surface area contributed by atoms with E-state index >= 15 is 0 Å². The van der Waals surface area contributed by atoms with E-state index in [-0.39, 0.29) is 16.7 Å². The summed E-state index contributed by atoms with van der Waals surface area (Å²) in [5.74, 6) is -0.755. The highest BCUT2D eigenvalue weighted by atomic mass is 32.2. The zero-order valence-corrected chi connectivity index (χ0v) is 15.2. The van der Waals surface area contributed by atoms with Crippen LogP contribution in [0.15, 0.2) is 0 Å². The van der Waals surface area contributed by atoms with E-state index in [0.29, 0.717) is 12.2 Å². The van der Waals surface area contributed by atoms with Gasteiger partial charge in [-0.2, -0.15) is 5.26 Å². The average molecular weight is 353 g/mol. The van der Waals surface area contributed by atoms with Gasteiger partial charge in [0.25, 0.3) is 5.91 Å². The molecule has 0 aromatic heterocycles. The van der Waals surface area contributed by atoms with Gasteiger partial charge in [-0.25, -0.2) is 4.79 Å². The second-order valence-corrected chi connectivity index (χ2v) is 8.39. The van der Waals surface area contributed by atoms with Gasteiger partial charge in [0.15, 0.2) is 6.61 Å². The van der Waals surface area contributed by atoms with Gasteiger partial charge in [-0.05, 0) is 26.2 Å². The van der Waals surface area contributed by atoms with Crippen molar-refractivity contribution < 1.29 is 19.1 Å². The van der Waals surface area contributed by atoms with E-state index in [1.54, 1.807) is 23.6 Å². The third-order valence-corrected chi connectivity index (χ3v) is 6.35. The fourth-order valence-electron chi connectivity index (χ4n) is 2.86. The van der Waals surface area contributed by atoms with E-state index in [1.807, 2.05) is 20.8 Å². The number of nitriles is 1. The Morgan fingerprint density at radius 2 is 2.25 bits per heavy atom. The van der Waals surface area contributed by atoms with E-state index < -0.39 is 30.1 Å². The largest absolute Gasteiger partial charge is 0.454 e. The van der Waals surface area contributed by atoms with Crippen molar-refractivity contribution in [3.8, 4) is 6.07 Å². The van der Waals surface area contributed by atoms with Gasteiger partial charge in [-0.1, -0.05) is 13.8 Å². The van der Waals surface area contributed by atoms with Crippen LogP contribution in [0.5, 0.6) is 0 Å². The Kier molecular flexibility index (Phi) is 5.14. The van der Waals surface area contributed by atoms with E-state index in [2.05, 4.69) is 11.4 Å². The Bertz CT molecular complexity index is 603. The number of amides is 2. The topological polar surface area (TPSA) is 99.5 Å². The molecule has 0 spiro atoms. The molecule has 0 bridgehead atoms. The molecule has 7 nitrogen and oxygen atoms in total. The van der Waals surface area contributed by atoms with Gasteiger partial charge in [0, 0.05) is 12.2 Å². The van der Waals surface area contributed by atoms with E-state index in [0.717, 1.165) is 6.42 Å². The molecule has 3 atom stereocenters. The number of fused-ring (bicyclic) bond motifs is 1. The summed E-state index contributed by atoms with van der Waals surface area (Å²) in [5.41, 5.74) is -1.02. The first-order valence-electron chi connectivity index (χ1n) is 7.98. The Morgan fingerprint density at radius 3 is 2.83 bits per heavy atom. The van der Waals surface area contributed by atoms with Gasteiger partial charge in [0.05, 0.1) is 10.9 Å². The number of carbonyl (C=O) groups is 3. The van der Waals surface area contributed by atoms with Crippen LogP contribution in [0.2, 0.25) is 0 Å². The maximum atomic E-state index is 12.3. The molecule has 2 aliphatic heterocycles. The van der Waals surface area contributed by atoms with Crippen LogP contribution in [-0.4, -0.2) is 51.5 Å². The van der Waals surface area contributed by atoms with Crippen molar-refractivity contribution in [3.05, 3.63) is 0 Å². The number of hydrogen-bond donors (Lipinski definition) is 1. The van der Waals surface area contributed by atoms with Crippen molar-refractivity contribution in [2.45, 2.75) is 57.0 Å². The molecule has 1 N–H and O–H groups in total. The van der Waals surface area contributed by atoms with Crippen LogP contribution in [0.1, 0.15) is 40.5 Å². The molecular formula is C16H23N3O4S. The van der Waals surface area contributed by atoms with Crippen LogP contribution in [0.25, 0.3) is 0 Å². The van der Waals surface area contributed by atoms with Gasteiger partial charge in [0.2, 0.25) is 5.91 Å². The van der Waals surface area contributed by atoms with Crippen molar-refractivity contribution in [3.63, 3.8) is 0 Å². The lowest BCUT2D eigenvalue weighted by molar-refractivity contribution is -0.156. The molecule has 0 unspecified atom stereocenters. The standard InChI is InChI=1S/C16H23N3O4S/c1-10(2)15(3,9-17)18-12(20)7-23-14(22)11-8-24-16(4)6-5-13(21)19(11)16/h10-11H,5-8H2,1-4H3,(H,18,20)/t11-,15-,16-/m0/s1. The number of esters is 1. The van der Waals surface area contributed by atoms with Crippen LogP contribution in [0.3, 0.4) is 0 Å². The summed E-state index contributed by atoms with van der Waals surface area (Å²) in [5, 5.41) is 11.8. The molecule has 8 heteroatoms. The van der Waals surface area contributed by atoms with Crippen LogP contribution >= 0.6 is 11.8 Å². The minimum Gasteiger partial charge on any atom is -0.454 e. The Balaban J connectivity index is 1.91. The van der Waals surface area contributed by atoms with Gasteiger partial charge in [-0.15, -0.1) is 11.8 Å². The van der Waals surface area contributed by atoms with Gasteiger partial charge in [0.1, 0.15) is 11.6 Å². The number of thioether (sulfide) groups is 1. The number of carbonyl (C=O) groups excluding carboxylic acids is 3. The Hall–Kier alpha value is -1.75. The van der Waals surface area contributed by atoms with Crippen LogP contribution < -0.4 is 5.32 Å².